The zero-order valence-corrected chi connectivity index (χ0v) is 18.1. The molecule has 0 aromatic heterocycles. The summed E-state index contributed by atoms with van der Waals surface area (Å²) in [6, 6.07) is 11.0. The number of halogens is 2. The number of carbonyl (C=O) groups excluding carboxylic acids is 3. The molecule has 32 heavy (non-hydrogen) atoms. The van der Waals surface area contributed by atoms with Crippen molar-refractivity contribution in [1.29, 1.82) is 0 Å². The van der Waals surface area contributed by atoms with Gasteiger partial charge >= 0.3 is 0 Å². The number of aryl methyl sites for hydroxylation is 1. The van der Waals surface area contributed by atoms with Crippen molar-refractivity contribution in [1.82, 2.24) is 15.2 Å². The van der Waals surface area contributed by atoms with E-state index in [0.29, 0.717) is 31.9 Å². The number of hydrazine groups is 1. The number of amidine groups is 1. The number of amides is 3. The first-order chi connectivity index (χ1) is 15.3. The van der Waals surface area contributed by atoms with Crippen LogP contribution in [0.1, 0.15) is 15.9 Å². The fourth-order valence-electron chi connectivity index (χ4n) is 3.53. The van der Waals surface area contributed by atoms with E-state index in [9.17, 15) is 18.8 Å². The summed E-state index contributed by atoms with van der Waals surface area (Å²) in [5.41, 5.74) is 4.71. The lowest BCUT2D eigenvalue weighted by atomic mass is 10.1. The summed E-state index contributed by atoms with van der Waals surface area (Å²) in [6.07, 6.45) is 0. The van der Waals surface area contributed by atoms with Crippen LogP contribution in [0.4, 0.5) is 10.1 Å². The summed E-state index contributed by atoms with van der Waals surface area (Å²) in [7, 11) is 0. The van der Waals surface area contributed by atoms with E-state index in [0.717, 1.165) is 11.6 Å². The molecule has 0 aliphatic carbocycles. The Kier molecular flexibility index (Phi) is 6.09. The summed E-state index contributed by atoms with van der Waals surface area (Å²) in [6.45, 7) is 2.99. The Morgan fingerprint density at radius 2 is 1.62 bits per heavy atom. The van der Waals surface area contributed by atoms with Gasteiger partial charge in [-0.25, -0.2) is 9.40 Å². The fourth-order valence-corrected chi connectivity index (χ4v) is 3.78. The molecule has 0 unspecified atom stereocenters. The summed E-state index contributed by atoms with van der Waals surface area (Å²) in [5.74, 6) is -1.36. The molecule has 0 radical (unpaired) electrons. The standard InChI is InChI=1S/C22H21ClFN5O3/c1-14-2-5-16(6-3-14)29-19(30)13-25-20(26-29)22(32)28-10-8-27(9-11-28)21(31)17-7-4-15(24)12-18(17)23/h2-7,12H,8-11,13H2,1H3,(H,25,26). The highest BCUT2D eigenvalue weighted by Gasteiger charge is 2.31. The Morgan fingerprint density at radius 3 is 2.25 bits per heavy atom. The second-order valence-corrected chi connectivity index (χ2v) is 7.96. The molecule has 3 amide bonds. The Morgan fingerprint density at radius 1 is 1.00 bits per heavy atom. The predicted octanol–water partition coefficient (Wildman–Crippen LogP) is 2.02. The number of nitrogens with zero attached hydrogens (tertiary/aromatic N) is 4. The first-order valence-electron chi connectivity index (χ1n) is 10.1. The van der Waals surface area contributed by atoms with Crippen LogP contribution in [0.5, 0.6) is 0 Å². The van der Waals surface area contributed by atoms with Crippen LogP contribution in [-0.4, -0.2) is 66.1 Å². The quantitative estimate of drug-likeness (QED) is 0.764. The van der Waals surface area contributed by atoms with Crippen LogP contribution in [0.25, 0.3) is 0 Å². The molecular formula is C22H21ClFN5O3. The van der Waals surface area contributed by atoms with Gasteiger partial charge in [0, 0.05) is 26.2 Å². The first-order valence-corrected chi connectivity index (χ1v) is 10.5. The summed E-state index contributed by atoms with van der Waals surface area (Å²) < 4.78 is 13.3. The molecule has 8 nitrogen and oxygen atoms in total. The molecule has 2 aliphatic rings. The van der Waals surface area contributed by atoms with Crippen molar-refractivity contribution in [2.24, 2.45) is 4.99 Å². The Labute approximate surface area is 189 Å². The van der Waals surface area contributed by atoms with Crippen LogP contribution in [0.3, 0.4) is 0 Å². The van der Waals surface area contributed by atoms with E-state index in [1.54, 1.807) is 21.9 Å². The molecule has 2 aliphatic heterocycles. The fraction of sp³-hybridized carbons (Fsp3) is 0.273. The Bertz CT molecular complexity index is 1100. The number of rotatable bonds is 3. The van der Waals surface area contributed by atoms with E-state index in [4.69, 9.17) is 11.6 Å². The van der Waals surface area contributed by atoms with Crippen molar-refractivity contribution in [2.45, 2.75) is 6.92 Å². The number of piperazine rings is 1. The van der Waals surface area contributed by atoms with Gasteiger partial charge in [-0.1, -0.05) is 29.3 Å². The van der Waals surface area contributed by atoms with Gasteiger partial charge in [-0.3, -0.25) is 24.8 Å². The van der Waals surface area contributed by atoms with Crippen LogP contribution in [0.15, 0.2) is 47.5 Å². The molecule has 0 atom stereocenters. The van der Waals surface area contributed by atoms with E-state index >= 15 is 0 Å². The molecule has 0 bridgehead atoms. The SMILES string of the molecule is Cc1ccc(N2NC(C(=O)N3CCN(C(=O)c4ccc(F)cc4Cl)CC3)=NCC2=O)cc1. The minimum absolute atomic E-state index is 0.0510. The van der Waals surface area contributed by atoms with Crippen LogP contribution in [0.2, 0.25) is 5.02 Å². The highest BCUT2D eigenvalue weighted by atomic mass is 35.5. The maximum absolute atomic E-state index is 13.3. The van der Waals surface area contributed by atoms with Crippen molar-refractivity contribution in [3.63, 3.8) is 0 Å². The molecule has 2 heterocycles. The van der Waals surface area contributed by atoms with Crippen molar-refractivity contribution in [3.8, 4) is 0 Å². The largest absolute Gasteiger partial charge is 0.335 e. The van der Waals surface area contributed by atoms with Crippen LogP contribution in [-0.2, 0) is 9.59 Å². The van der Waals surface area contributed by atoms with Crippen molar-refractivity contribution < 1.29 is 18.8 Å². The van der Waals surface area contributed by atoms with Crippen LogP contribution >= 0.6 is 11.6 Å². The van der Waals surface area contributed by atoms with Crippen molar-refractivity contribution in [3.05, 3.63) is 64.4 Å². The third-order valence-corrected chi connectivity index (χ3v) is 5.66. The topological polar surface area (TPSA) is 85.3 Å². The number of anilines is 1. The molecule has 0 spiro atoms. The van der Waals surface area contributed by atoms with Crippen molar-refractivity contribution in [2.75, 3.05) is 37.7 Å². The lowest BCUT2D eigenvalue weighted by Gasteiger charge is -2.36. The number of hydrogen-bond donors (Lipinski definition) is 1. The maximum Gasteiger partial charge on any atom is 0.290 e. The molecule has 2 aromatic rings. The molecule has 1 N–H and O–H groups in total. The zero-order chi connectivity index (χ0) is 22.8. The summed E-state index contributed by atoms with van der Waals surface area (Å²) in [4.78, 5) is 45.2. The van der Waals surface area contributed by atoms with Crippen molar-refractivity contribution >= 4 is 40.8 Å². The molecule has 10 heteroatoms. The van der Waals surface area contributed by atoms with Crippen LogP contribution < -0.4 is 10.4 Å². The van der Waals surface area contributed by atoms with Gasteiger partial charge in [0.25, 0.3) is 17.7 Å². The molecule has 166 valence electrons. The maximum atomic E-state index is 13.3. The van der Waals surface area contributed by atoms with Gasteiger partial charge in [-0.05, 0) is 37.3 Å². The van der Waals surface area contributed by atoms with E-state index < -0.39 is 5.82 Å². The van der Waals surface area contributed by atoms with Gasteiger partial charge in [0.05, 0.1) is 16.3 Å². The lowest BCUT2D eigenvalue weighted by Crippen LogP contribution is -2.59. The summed E-state index contributed by atoms with van der Waals surface area (Å²) in [5, 5.41) is 1.37. The highest BCUT2D eigenvalue weighted by Crippen LogP contribution is 2.20. The molecule has 1 saturated heterocycles. The highest BCUT2D eigenvalue weighted by molar-refractivity contribution is 6.39. The molecule has 0 saturated carbocycles. The molecule has 2 aromatic carbocycles. The number of carbonyl (C=O) groups is 3. The van der Waals surface area contributed by atoms with Gasteiger partial charge in [0.2, 0.25) is 5.84 Å². The average Bonchev–Trinajstić information content (AvgIpc) is 2.79. The normalized spacial score (nSPS) is 16.5. The van der Waals surface area contributed by atoms with Gasteiger partial charge < -0.3 is 9.80 Å². The number of aliphatic imine (C=N–C) groups is 1. The first kappa shape index (κ1) is 21.8. The zero-order valence-electron chi connectivity index (χ0n) is 17.3. The minimum Gasteiger partial charge on any atom is -0.335 e. The second kappa shape index (κ2) is 8.96. The molecular weight excluding hydrogens is 437 g/mol. The molecule has 1 fully saturated rings. The second-order valence-electron chi connectivity index (χ2n) is 7.55. The predicted molar refractivity (Wildman–Crippen MR) is 118 cm³/mol. The smallest absolute Gasteiger partial charge is 0.290 e. The van der Waals surface area contributed by atoms with E-state index in [1.165, 1.54) is 17.1 Å². The third kappa shape index (κ3) is 4.43. The lowest BCUT2D eigenvalue weighted by molar-refractivity contribution is -0.125. The summed E-state index contributed by atoms with van der Waals surface area (Å²) >= 11 is 6.00. The van der Waals surface area contributed by atoms with E-state index in [1.807, 2.05) is 19.1 Å². The number of nitrogens with one attached hydrogen (secondary N) is 1. The molecule has 4 rings (SSSR count). The van der Waals surface area contributed by atoms with Gasteiger partial charge in [-0.2, -0.15) is 0 Å². The van der Waals surface area contributed by atoms with Gasteiger partial charge in [0.1, 0.15) is 12.4 Å². The van der Waals surface area contributed by atoms with Crippen LogP contribution in [0, 0.1) is 12.7 Å². The Balaban J connectivity index is 1.39. The third-order valence-electron chi connectivity index (χ3n) is 5.35. The average molecular weight is 458 g/mol. The minimum atomic E-state index is -0.513. The van der Waals surface area contributed by atoms with E-state index in [-0.39, 0.29) is 40.7 Å². The van der Waals surface area contributed by atoms with E-state index in [2.05, 4.69) is 10.4 Å². The van der Waals surface area contributed by atoms with Gasteiger partial charge in [-0.15, -0.1) is 0 Å². The number of benzene rings is 2. The Hall–Kier alpha value is -3.46. The monoisotopic (exact) mass is 457 g/mol. The van der Waals surface area contributed by atoms with Gasteiger partial charge in [0.15, 0.2) is 0 Å². The number of hydrogen-bond acceptors (Lipinski definition) is 5.